The maximum Gasteiger partial charge on any atom is 0.255 e. The molecule has 23 heavy (non-hydrogen) atoms. The van der Waals surface area contributed by atoms with Crippen LogP contribution in [-0.2, 0) is 11.2 Å². The Bertz CT molecular complexity index is 659. The maximum atomic E-state index is 5.77. The molecule has 0 radical (unpaired) electrons. The molecule has 1 aliphatic rings. The van der Waals surface area contributed by atoms with E-state index in [9.17, 15) is 0 Å². The lowest BCUT2D eigenvalue weighted by atomic mass is 10.1. The highest BCUT2D eigenvalue weighted by Crippen LogP contribution is 2.32. The number of benzene rings is 1. The van der Waals surface area contributed by atoms with Crippen LogP contribution in [0.15, 0.2) is 22.7 Å². The molecule has 7 heteroatoms. The molecular formula is C16H21N3O4. The summed E-state index contributed by atoms with van der Waals surface area (Å²) >= 11 is 0. The second-order valence-electron chi connectivity index (χ2n) is 5.47. The molecule has 0 unspecified atom stereocenters. The maximum absolute atomic E-state index is 5.77. The molecule has 1 saturated heterocycles. The van der Waals surface area contributed by atoms with Crippen molar-refractivity contribution < 1.29 is 18.7 Å². The minimum absolute atomic E-state index is 0.0844. The van der Waals surface area contributed by atoms with Gasteiger partial charge in [-0.15, -0.1) is 0 Å². The predicted octanol–water partition coefficient (Wildman–Crippen LogP) is 1.86. The number of nitrogens with zero attached hydrogens (tertiary/aromatic N) is 2. The fraction of sp³-hybridized carbons (Fsp3) is 0.500. The molecule has 0 amide bonds. The van der Waals surface area contributed by atoms with Crippen molar-refractivity contribution in [2.45, 2.75) is 31.5 Å². The Morgan fingerprint density at radius 1 is 1.22 bits per heavy atom. The number of hydrogen-bond acceptors (Lipinski definition) is 7. The van der Waals surface area contributed by atoms with E-state index >= 15 is 0 Å². The second kappa shape index (κ2) is 6.97. The summed E-state index contributed by atoms with van der Waals surface area (Å²) < 4.78 is 21.6. The van der Waals surface area contributed by atoms with Gasteiger partial charge in [0.05, 0.1) is 20.3 Å². The lowest BCUT2D eigenvalue weighted by molar-refractivity contribution is 0.0307. The minimum atomic E-state index is -0.143. The number of hydrogen-bond donors (Lipinski definition) is 1. The van der Waals surface area contributed by atoms with Crippen molar-refractivity contribution in [1.29, 1.82) is 0 Å². The number of aromatic nitrogens is 2. The van der Waals surface area contributed by atoms with Crippen LogP contribution in [0.2, 0.25) is 0 Å². The first-order chi connectivity index (χ1) is 11.2. The first-order valence-corrected chi connectivity index (χ1v) is 7.62. The van der Waals surface area contributed by atoms with Gasteiger partial charge in [0.25, 0.3) is 5.89 Å². The molecule has 2 N–H and O–H groups in total. The SMILES string of the molecule is COc1ccc(Cc2noc([C@H]3CC[C@@H](CN)O3)n2)cc1OC. The summed E-state index contributed by atoms with van der Waals surface area (Å²) in [5.41, 5.74) is 6.63. The van der Waals surface area contributed by atoms with Crippen molar-refractivity contribution in [2.75, 3.05) is 20.8 Å². The highest BCUT2D eigenvalue weighted by atomic mass is 16.5. The largest absolute Gasteiger partial charge is 0.493 e. The summed E-state index contributed by atoms with van der Waals surface area (Å²) in [4.78, 5) is 4.44. The molecule has 1 aromatic carbocycles. The Morgan fingerprint density at radius 3 is 2.74 bits per heavy atom. The van der Waals surface area contributed by atoms with Gasteiger partial charge in [-0.3, -0.25) is 0 Å². The Balaban J connectivity index is 1.69. The van der Waals surface area contributed by atoms with Crippen LogP contribution in [0, 0.1) is 0 Å². The molecule has 2 aromatic rings. The summed E-state index contributed by atoms with van der Waals surface area (Å²) in [5, 5.41) is 4.04. The van der Waals surface area contributed by atoms with Gasteiger partial charge in [0, 0.05) is 13.0 Å². The zero-order valence-corrected chi connectivity index (χ0v) is 13.3. The van der Waals surface area contributed by atoms with Gasteiger partial charge in [-0.25, -0.2) is 0 Å². The van der Waals surface area contributed by atoms with Crippen LogP contribution in [0.5, 0.6) is 11.5 Å². The van der Waals surface area contributed by atoms with E-state index in [1.807, 2.05) is 18.2 Å². The van der Waals surface area contributed by atoms with Crippen LogP contribution in [0.3, 0.4) is 0 Å². The van der Waals surface area contributed by atoms with E-state index in [2.05, 4.69) is 10.1 Å². The smallest absolute Gasteiger partial charge is 0.255 e. The Kier molecular flexibility index (Phi) is 4.78. The minimum Gasteiger partial charge on any atom is -0.493 e. The van der Waals surface area contributed by atoms with Gasteiger partial charge in [-0.1, -0.05) is 11.2 Å². The fourth-order valence-corrected chi connectivity index (χ4v) is 2.70. The average Bonchev–Trinajstić information content (AvgIpc) is 3.23. The molecule has 1 aliphatic heterocycles. The fourth-order valence-electron chi connectivity index (χ4n) is 2.70. The summed E-state index contributed by atoms with van der Waals surface area (Å²) in [7, 11) is 3.22. The molecule has 2 heterocycles. The number of nitrogens with two attached hydrogens (primary N) is 1. The number of methoxy groups -OCH3 is 2. The van der Waals surface area contributed by atoms with Gasteiger partial charge < -0.3 is 24.5 Å². The Hall–Kier alpha value is -2.12. The van der Waals surface area contributed by atoms with Gasteiger partial charge in [0.1, 0.15) is 6.10 Å². The Labute approximate surface area is 134 Å². The molecule has 0 spiro atoms. The summed E-state index contributed by atoms with van der Waals surface area (Å²) in [6, 6.07) is 5.72. The van der Waals surface area contributed by atoms with E-state index in [0.29, 0.717) is 36.2 Å². The van der Waals surface area contributed by atoms with Crippen molar-refractivity contribution >= 4 is 0 Å². The molecule has 1 aromatic heterocycles. The zero-order valence-electron chi connectivity index (χ0n) is 13.3. The average molecular weight is 319 g/mol. The van der Waals surface area contributed by atoms with E-state index in [1.54, 1.807) is 14.2 Å². The van der Waals surface area contributed by atoms with Crippen LogP contribution in [0.4, 0.5) is 0 Å². The third-order valence-electron chi connectivity index (χ3n) is 3.94. The first-order valence-electron chi connectivity index (χ1n) is 7.62. The Morgan fingerprint density at radius 2 is 2.04 bits per heavy atom. The molecule has 1 fully saturated rings. The van der Waals surface area contributed by atoms with Crippen molar-refractivity contribution in [1.82, 2.24) is 10.1 Å². The highest BCUT2D eigenvalue weighted by molar-refractivity contribution is 5.43. The number of rotatable bonds is 6. The van der Waals surface area contributed by atoms with Gasteiger partial charge in [-0.05, 0) is 30.5 Å². The lowest BCUT2D eigenvalue weighted by Crippen LogP contribution is -2.18. The van der Waals surface area contributed by atoms with E-state index in [1.165, 1.54) is 0 Å². The highest BCUT2D eigenvalue weighted by Gasteiger charge is 2.29. The van der Waals surface area contributed by atoms with E-state index in [0.717, 1.165) is 18.4 Å². The topological polar surface area (TPSA) is 92.6 Å². The third kappa shape index (κ3) is 3.46. The quantitative estimate of drug-likeness (QED) is 0.868. The monoisotopic (exact) mass is 319 g/mol. The molecule has 0 bridgehead atoms. The van der Waals surface area contributed by atoms with Crippen LogP contribution in [0.25, 0.3) is 0 Å². The molecule has 124 valence electrons. The lowest BCUT2D eigenvalue weighted by Gasteiger charge is -2.08. The molecule has 0 aliphatic carbocycles. The van der Waals surface area contributed by atoms with E-state index in [-0.39, 0.29) is 12.2 Å². The van der Waals surface area contributed by atoms with Gasteiger partial charge >= 0.3 is 0 Å². The van der Waals surface area contributed by atoms with Crippen molar-refractivity contribution in [3.63, 3.8) is 0 Å². The summed E-state index contributed by atoms with van der Waals surface area (Å²) in [6.45, 7) is 0.517. The third-order valence-corrected chi connectivity index (χ3v) is 3.94. The van der Waals surface area contributed by atoms with Crippen molar-refractivity contribution in [2.24, 2.45) is 5.73 Å². The van der Waals surface area contributed by atoms with Crippen LogP contribution in [0.1, 0.15) is 36.2 Å². The molecule has 7 nitrogen and oxygen atoms in total. The van der Waals surface area contributed by atoms with Crippen molar-refractivity contribution in [3.05, 3.63) is 35.5 Å². The molecule has 3 rings (SSSR count). The van der Waals surface area contributed by atoms with Gasteiger partial charge in [0.15, 0.2) is 17.3 Å². The second-order valence-corrected chi connectivity index (χ2v) is 5.47. The van der Waals surface area contributed by atoms with Gasteiger partial charge in [-0.2, -0.15) is 4.98 Å². The summed E-state index contributed by atoms with van der Waals surface area (Å²) in [5.74, 6) is 2.51. The van der Waals surface area contributed by atoms with E-state index in [4.69, 9.17) is 24.5 Å². The molecular weight excluding hydrogens is 298 g/mol. The standard InChI is InChI=1S/C16H21N3O4/c1-20-12-5-3-10(7-14(12)21-2)8-15-18-16(23-19-15)13-6-4-11(9-17)22-13/h3,5,7,11,13H,4,6,8-9,17H2,1-2H3/t11-,13+/m0/s1. The van der Waals surface area contributed by atoms with Crippen molar-refractivity contribution in [3.8, 4) is 11.5 Å². The predicted molar refractivity (Wildman–Crippen MR) is 82.6 cm³/mol. The van der Waals surface area contributed by atoms with Crippen LogP contribution >= 0.6 is 0 Å². The van der Waals surface area contributed by atoms with Crippen LogP contribution < -0.4 is 15.2 Å². The summed E-state index contributed by atoms with van der Waals surface area (Å²) in [6.07, 6.45) is 2.28. The molecule has 0 saturated carbocycles. The normalized spacial score (nSPS) is 20.7. The van der Waals surface area contributed by atoms with E-state index < -0.39 is 0 Å². The zero-order chi connectivity index (χ0) is 16.2. The van der Waals surface area contributed by atoms with Crippen LogP contribution in [-0.4, -0.2) is 37.0 Å². The number of ether oxygens (including phenoxy) is 3. The first kappa shape index (κ1) is 15.8. The van der Waals surface area contributed by atoms with Gasteiger partial charge in [0.2, 0.25) is 0 Å². The molecule has 2 atom stereocenters.